The number of nitrogens with one attached hydrogen (secondary N) is 1. The van der Waals surface area contributed by atoms with Crippen molar-refractivity contribution in [1.29, 1.82) is 0 Å². The summed E-state index contributed by atoms with van der Waals surface area (Å²) in [5, 5.41) is 3.63. The number of hydrogen-bond donors (Lipinski definition) is 1. The molecule has 2 atom stereocenters. The van der Waals surface area contributed by atoms with E-state index < -0.39 is 0 Å². The van der Waals surface area contributed by atoms with Crippen molar-refractivity contribution in [1.82, 2.24) is 10.2 Å². The van der Waals surface area contributed by atoms with Crippen LogP contribution in [0, 0.1) is 5.92 Å². The number of ether oxygens (including phenoxy) is 1. The van der Waals surface area contributed by atoms with Gasteiger partial charge in [-0.05, 0) is 45.2 Å². The predicted molar refractivity (Wildman–Crippen MR) is 62.0 cm³/mol. The third-order valence-electron chi connectivity index (χ3n) is 3.56. The van der Waals surface area contributed by atoms with Crippen LogP contribution in [0.4, 0.5) is 0 Å². The van der Waals surface area contributed by atoms with Gasteiger partial charge in [-0.2, -0.15) is 0 Å². The first kappa shape index (κ1) is 11.4. The van der Waals surface area contributed by atoms with Crippen molar-refractivity contribution in [2.45, 2.75) is 38.3 Å². The molecule has 2 rings (SSSR count). The third-order valence-corrected chi connectivity index (χ3v) is 3.56. The fourth-order valence-corrected chi connectivity index (χ4v) is 2.30. The number of likely N-dealkylation sites (tertiary alicyclic amines) is 1. The van der Waals surface area contributed by atoms with Gasteiger partial charge in [0.15, 0.2) is 0 Å². The summed E-state index contributed by atoms with van der Waals surface area (Å²) in [4.78, 5) is 2.54. The van der Waals surface area contributed by atoms with Gasteiger partial charge in [0.2, 0.25) is 0 Å². The van der Waals surface area contributed by atoms with Gasteiger partial charge in [-0.25, -0.2) is 0 Å². The molecule has 0 aromatic carbocycles. The first-order valence-electron chi connectivity index (χ1n) is 6.26. The lowest BCUT2D eigenvalue weighted by Gasteiger charge is -2.19. The van der Waals surface area contributed by atoms with Crippen LogP contribution < -0.4 is 5.32 Å². The van der Waals surface area contributed by atoms with Crippen molar-refractivity contribution in [2.75, 3.05) is 33.3 Å². The molecule has 3 heteroatoms. The summed E-state index contributed by atoms with van der Waals surface area (Å²) >= 11 is 0. The van der Waals surface area contributed by atoms with Crippen molar-refractivity contribution in [3.8, 4) is 0 Å². The Kier molecular flexibility index (Phi) is 4.00. The van der Waals surface area contributed by atoms with Crippen molar-refractivity contribution in [3.05, 3.63) is 0 Å². The van der Waals surface area contributed by atoms with Crippen LogP contribution in [0.15, 0.2) is 0 Å². The van der Waals surface area contributed by atoms with Gasteiger partial charge in [-0.3, -0.25) is 0 Å². The van der Waals surface area contributed by atoms with Crippen LogP contribution in [0.25, 0.3) is 0 Å². The fourth-order valence-electron chi connectivity index (χ4n) is 2.30. The summed E-state index contributed by atoms with van der Waals surface area (Å²) < 4.78 is 5.30. The highest BCUT2D eigenvalue weighted by molar-refractivity contribution is 4.84. The fraction of sp³-hybridized carbons (Fsp3) is 1.00. The van der Waals surface area contributed by atoms with Gasteiger partial charge >= 0.3 is 0 Å². The van der Waals surface area contributed by atoms with Crippen molar-refractivity contribution in [3.63, 3.8) is 0 Å². The molecular formula is C12H24N2O. The molecule has 0 bridgehead atoms. The van der Waals surface area contributed by atoms with Gasteiger partial charge in [0.25, 0.3) is 0 Å². The lowest BCUT2D eigenvalue weighted by Crippen LogP contribution is -2.32. The molecular weight excluding hydrogens is 188 g/mol. The molecule has 0 amide bonds. The molecule has 2 unspecified atom stereocenters. The van der Waals surface area contributed by atoms with Crippen molar-refractivity contribution < 1.29 is 4.74 Å². The first-order valence-corrected chi connectivity index (χ1v) is 6.26. The molecule has 2 fully saturated rings. The van der Waals surface area contributed by atoms with Gasteiger partial charge in [0.1, 0.15) is 0 Å². The Bertz CT molecular complexity index is 194. The summed E-state index contributed by atoms with van der Waals surface area (Å²) in [5.74, 6) is 0.870. The lowest BCUT2D eigenvalue weighted by molar-refractivity contribution is 0.0839. The minimum Gasteiger partial charge on any atom is -0.380 e. The van der Waals surface area contributed by atoms with E-state index in [1.54, 1.807) is 7.11 Å². The van der Waals surface area contributed by atoms with E-state index >= 15 is 0 Å². The lowest BCUT2D eigenvalue weighted by atomic mass is 10.1. The Labute approximate surface area is 93.2 Å². The van der Waals surface area contributed by atoms with Crippen LogP contribution in [0.5, 0.6) is 0 Å². The average Bonchev–Trinajstić information content (AvgIpc) is 2.97. The zero-order chi connectivity index (χ0) is 10.7. The number of hydrogen-bond acceptors (Lipinski definition) is 3. The second kappa shape index (κ2) is 5.28. The van der Waals surface area contributed by atoms with E-state index in [1.807, 2.05) is 0 Å². The summed E-state index contributed by atoms with van der Waals surface area (Å²) in [7, 11) is 1.80. The minimum absolute atomic E-state index is 0.375. The summed E-state index contributed by atoms with van der Waals surface area (Å²) in [6.07, 6.45) is 4.53. The largest absolute Gasteiger partial charge is 0.380 e. The number of rotatable bonds is 6. The van der Waals surface area contributed by atoms with E-state index in [4.69, 9.17) is 4.74 Å². The van der Waals surface area contributed by atoms with Crippen LogP contribution in [-0.4, -0.2) is 50.3 Å². The minimum atomic E-state index is 0.375. The normalized spacial score (nSPS) is 29.6. The van der Waals surface area contributed by atoms with Gasteiger partial charge in [-0.1, -0.05) is 0 Å². The maximum atomic E-state index is 5.30. The van der Waals surface area contributed by atoms with E-state index in [-0.39, 0.29) is 0 Å². The standard InChI is InChI=1S/C12H24N2O/c1-10(15-2)8-14-6-5-11(9-14)7-13-12-3-4-12/h10-13H,3-9H2,1-2H3. The monoisotopic (exact) mass is 212 g/mol. The second-order valence-corrected chi connectivity index (χ2v) is 5.14. The van der Waals surface area contributed by atoms with Gasteiger partial charge < -0.3 is 15.0 Å². The van der Waals surface area contributed by atoms with Crippen LogP contribution in [-0.2, 0) is 4.74 Å². The Morgan fingerprint density at radius 2 is 2.20 bits per heavy atom. The van der Waals surface area contributed by atoms with Crippen LogP contribution >= 0.6 is 0 Å². The summed E-state index contributed by atoms with van der Waals surface area (Å²) in [6, 6.07) is 0.858. The van der Waals surface area contributed by atoms with E-state index in [9.17, 15) is 0 Å². The molecule has 0 aromatic heterocycles. The Balaban J connectivity index is 1.60. The van der Waals surface area contributed by atoms with E-state index in [2.05, 4.69) is 17.1 Å². The van der Waals surface area contributed by atoms with E-state index in [0.717, 1.165) is 18.5 Å². The molecule has 15 heavy (non-hydrogen) atoms. The second-order valence-electron chi connectivity index (χ2n) is 5.14. The molecule has 1 heterocycles. The third kappa shape index (κ3) is 3.74. The molecule has 3 nitrogen and oxygen atoms in total. The first-order chi connectivity index (χ1) is 7.28. The SMILES string of the molecule is COC(C)CN1CCC(CNC2CC2)C1. The zero-order valence-corrected chi connectivity index (χ0v) is 10.0. The van der Waals surface area contributed by atoms with E-state index in [1.165, 1.54) is 38.9 Å². The van der Waals surface area contributed by atoms with Crippen LogP contribution in [0.2, 0.25) is 0 Å². The molecule has 2 aliphatic rings. The van der Waals surface area contributed by atoms with Gasteiger partial charge in [0.05, 0.1) is 6.10 Å². The molecule has 1 saturated heterocycles. The van der Waals surface area contributed by atoms with Gasteiger partial charge in [-0.15, -0.1) is 0 Å². The molecule has 0 aromatic rings. The Morgan fingerprint density at radius 3 is 2.87 bits per heavy atom. The summed E-state index contributed by atoms with van der Waals surface area (Å²) in [5.41, 5.74) is 0. The van der Waals surface area contributed by atoms with E-state index in [0.29, 0.717) is 6.10 Å². The summed E-state index contributed by atoms with van der Waals surface area (Å²) in [6.45, 7) is 6.98. The smallest absolute Gasteiger partial charge is 0.0670 e. The maximum Gasteiger partial charge on any atom is 0.0670 e. The highest BCUT2D eigenvalue weighted by Crippen LogP contribution is 2.21. The van der Waals surface area contributed by atoms with Crippen LogP contribution in [0.3, 0.4) is 0 Å². The average molecular weight is 212 g/mol. The molecule has 0 radical (unpaired) electrons. The number of methoxy groups -OCH3 is 1. The molecule has 0 spiro atoms. The predicted octanol–water partition coefficient (Wildman–Crippen LogP) is 1.10. The van der Waals surface area contributed by atoms with Crippen LogP contribution in [0.1, 0.15) is 26.2 Å². The molecule has 1 aliphatic carbocycles. The molecule has 1 saturated carbocycles. The number of nitrogens with zero attached hydrogens (tertiary/aromatic N) is 1. The Hall–Kier alpha value is -0.120. The van der Waals surface area contributed by atoms with Crippen molar-refractivity contribution in [2.24, 2.45) is 5.92 Å². The van der Waals surface area contributed by atoms with Gasteiger partial charge in [0, 0.05) is 26.2 Å². The maximum absolute atomic E-state index is 5.30. The Morgan fingerprint density at radius 1 is 1.40 bits per heavy atom. The molecule has 88 valence electrons. The molecule has 1 aliphatic heterocycles. The molecule has 1 N–H and O–H groups in total. The quantitative estimate of drug-likeness (QED) is 0.713. The zero-order valence-electron chi connectivity index (χ0n) is 10.0. The topological polar surface area (TPSA) is 24.5 Å². The van der Waals surface area contributed by atoms with Crippen molar-refractivity contribution >= 4 is 0 Å². The highest BCUT2D eigenvalue weighted by Gasteiger charge is 2.26. The highest BCUT2D eigenvalue weighted by atomic mass is 16.5.